The van der Waals surface area contributed by atoms with Crippen LogP contribution in [0.2, 0.25) is 0 Å². The molecule has 0 aliphatic heterocycles. The van der Waals surface area contributed by atoms with Crippen LogP contribution in [-0.2, 0) is 0 Å². The summed E-state index contributed by atoms with van der Waals surface area (Å²) in [4.78, 5) is 1.39. The molecule has 0 aromatic rings. The molecule has 0 aliphatic carbocycles. The molecule has 2 heteroatoms. The van der Waals surface area contributed by atoms with E-state index in [1.807, 2.05) is 7.05 Å². The highest BCUT2D eigenvalue weighted by Crippen LogP contribution is 1.62. The first-order valence-corrected chi connectivity index (χ1v) is 3.73. The molecule has 2 nitrogen and oxygen atoms in total. The normalized spacial score (nSPS) is 12.5. The van der Waals surface area contributed by atoms with Crippen molar-refractivity contribution < 1.29 is 10.2 Å². The third kappa shape index (κ3) is 5.61. The van der Waals surface area contributed by atoms with Crippen LogP contribution in [-0.4, -0.2) is 33.7 Å². The lowest BCUT2D eigenvalue weighted by Gasteiger charge is -1.99. The Morgan fingerprint density at radius 2 is 2.10 bits per heavy atom. The monoisotopic (exact) mass is 142 g/mol. The number of hydrogen-bond donors (Lipinski definition) is 2. The number of quaternary nitrogens is 2. The van der Waals surface area contributed by atoms with Crippen LogP contribution in [0.25, 0.3) is 0 Å². The van der Waals surface area contributed by atoms with Gasteiger partial charge in [-0.05, 0) is 18.8 Å². The Kier molecular flexibility index (Phi) is 5.00. The van der Waals surface area contributed by atoms with E-state index in [1.54, 1.807) is 0 Å². The molecule has 0 radical (unpaired) electrons. The van der Waals surface area contributed by atoms with E-state index in [-0.39, 0.29) is 0 Å². The number of nitrogens with two attached hydrogens (primary N) is 1. The maximum Gasteiger partial charge on any atom is 0.145 e. The van der Waals surface area contributed by atoms with E-state index in [4.69, 9.17) is 0 Å². The van der Waals surface area contributed by atoms with Crippen molar-refractivity contribution in [1.82, 2.24) is 0 Å². The molecule has 58 valence electrons. The SMILES string of the molecule is C[NH2+]C(C)C#CC[NH+](C)C. The van der Waals surface area contributed by atoms with E-state index < -0.39 is 0 Å². The van der Waals surface area contributed by atoms with Crippen LogP contribution in [0.15, 0.2) is 0 Å². The summed E-state index contributed by atoms with van der Waals surface area (Å²) in [7, 11) is 6.26. The summed E-state index contributed by atoms with van der Waals surface area (Å²) in [5.41, 5.74) is 0. The van der Waals surface area contributed by atoms with Crippen molar-refractivity contribution in [1.29, 1.82) is 0 Å². The molecular weight excluding hydrogens is 124 g/mol. The van der Waals surface area contributed by atoms with Gasteiger partial charge in [-0.2, -0.15) is 0 Å². The van der Waals surface area contributed by atoms with Crippen molar-refractivity contribution in [3.05, 3.63) is 0 Å². The first-order chi connectivity index (χ1) is 4.66. The Labute approximate surface area is 63.6 Å². The first kappa shape index (κ1) is 9.48. The lowest BCUT2D eigenvalue weighted by Crippen LogP contribution is -3.05. The minimum Gasteiger partial charge on any atom is -0.336 e. The number of nitrogens with one attached hydrogen (secondary N) is 1. The lowest BCUT2D eigenvalue weighted by molar-refractivity contribution is -0.850. The third-order valence-electron chi connectivity index (χ3n) is 1.27. The van der Waals surface area contributed by atoms with Crippen LogP contribution in [0.5, 0.6) is 0 Å². The van der Waals surface area contributed by atoms with Crippen LogP contribution >= 0.6 is 0 Å². The Morgan fingerprint density at radius 3 is 2.50 bits per heavy atom. The fraction of sp³-hybridized carbons (Fsp3) is 0.750. The maximum atomic E-state index is 3.14. The van der Waals surface area contributed by atoms with E-state index in [9.17, 15) is 0 Å². The van der Waals surface area contributed by atoms with Crippen molar-refractivity contribution in [3.63, 3.8) is 0 Å². The average molecular weight is 142 g/mol. The molecule has 0 rings (SSSR count). The molecule has 0 saturated heterocycles. The summed E-state index contributed by atoms with van der Waals surface area (Å²) in [6.45, 7) is 3.05. The summed E-state index contributed by atoms with van der Waals surface area (Å²) >= 11 is 0. The zero-order valence-electron chi connectivity index (χ0n) is 7.36. The predicted molar refractivity (Wildman–Crippen MR) is 42.8 cm³/mol. The molecule has 0 fully saturated rings. The van der Waals surface area contributed by atoms with Gasteiger partial charge < -0.3 is 10.2 Å². The van der Waals surface area contributed by atoms with Gasteiger partial charge in [0.25, 0.3) is 0 Å². The minimum atomic E-state index is 0.444. The summed E-state index contributed by atoms with van der Waals surface area (Å²) in [6, 6.07) is 0.444. The largest absolute Gasteiger partial charge is 0.336 e. The standard InChI is InChI=1S/C8H16N2/c1-8(9-2)6-5-7-10(3)4/h8-9H,7H2,1-4H3/p+2. The van der Waals surface area contributed by atoms with Crippen molar-refractivity contribution in [3.8, 4) is 11.8 Å². The smallest absolute Gasteiger partial charge is 0.145 e. The zero-order valence-corrected chi connectivity index (χ0v) is 7.36. The molecule has 0 aromatic carbocycles. The number of hydrogen-bond acceptors (Lipinski definition) is 0. The molecule has 1 atom stereocenters. The van der Waals surface area contributed by atoms with Gasteiger partial charge in [0.2, 0.25) is 0 Å². The molecule has 0 spiro atoms. The molecule has 0 aliphatic rings. The van der Waals surface area contributed by atoms with Gasteiger partial charge in [0.05, 0.1) is 21.1 Å². The molecule has 3 N–H and O–H groups in total. The van der Waals surface area contributed by atoms with Gasteiger partial charge in [0.1, 0.15) is 12.6 Å². The van der Waals surface area contributed by atoms with Gasteiger partial charge in [0, 0.05) is 0 Å². The van der Waals surface area contributed by atoms with Gasteiger partial charge in [0.15, 0.2) is 0 Å². The van der Waals surface area contributed by atoms with Gasteiger partial charge in [-0.15, -0.1) is 0 Å². The Hall–Kier alpha value is -0.520. The van der Waals surface area contributed by atoms with Gasteiger partial charge in [-0.3, -0.25) is 0 Å². The zero-order chi connectivity index (χ0) is 7.98. The molecular formula is C8H18N2+2. The average Bonchev–Trinajstić information content (AvgIpc) is 1.87. The van der Waals surface area contributed by atoms with Gasteiger partial charge in [-0.25, -0.2) is 0 Å². The van der Waals surface area contributed by atoms with E-state index >= 15 is 0 Å². The fourth-order valence-corrected chi connectivity index (χ4v) is 0.472. The summed E-state index contributed by atoms with van der Waals surface area (Å²) in [5, 5.41) is 2.11. The molecule has 0 saturated carbocycles. The van der Waals surface area contributed by atoms with Crippen LogP contribution in [0.3, 0.4) is 0 Å². The second kappa shape index (κ2) is 5.28. The molecule has 0 amide bonds. The van der Waals surface area contributed by atoms with Crippen LogP contribution < -0.4 is 10.2 Å². The molecule has 0 heterocycles. The highest BCUT2D eigenvalue weighted by molar-refractivity contribution is 5.02. The quantitative estimate of drug-likeness (QED) is 0.405. The summed E-state index contributed by atoms with van der Waals surface area (Å²) < 4.78 is 0. The Morgan fingerprint density at radius 1 is 1.50 bits per heavy atom. The first-order valence-electron chi connectivity index (χ1n) is 3.73. The van der Waals surface area contributed by atoms with Crippen LogP contribution in [0, 0.1) is 11.8 Å². The second-order valence-electron chi connectivity index (χ2n) is 2.83. The summed E-state index contributed by atoms with van der Waals surface area (Å²) in [6.07, 6.45) is 0. The maximum absolute atomic E-state index is 3.14. The molecule has 0 bridgehead atoms. The van der Waals surface area contributed by atoms with Crippen molar-refractivity contribution in [2.75, 3.05) is 27.7 Å². The molecule has 10 heavy (non-hydrogen) atoms. The van der Waals surface area contributed by atoms with Crippen LogP contribution in [0.4, 0.5) is 0 Å². The van der Waals surface area contributed by atoms with Crippen molar-refractivity contribution in [2.45, 2.75) is 13.0 Å². The molecule has 0 aromatic heterocycles. The van der Waals surface area contributed by atoms with E-state index in [0.717, 1.165) is 6.54 Å². The second-order valence-corrected chi connectivity index (χ2v) is 2.83. The summed E-state index contributed by atoms with van der Waals surface area (Å²) in [5.74, 6) is 6.25. The Balaban J connectivity index is 3.48. The number of rotatable bonds is 2. The molecule has 1 unspecified atom stereocenters. The van der Waals surface area contributed by atoms with E-state index in [1.165, 1.54) is 4.90 Å². The van der Waals surface area contributed by atoms with Crippen LogP contribution in [0.1, 0.15) is 6.92 Å². The van der Waals surface area contributed by atoms with E-state index in [2.05, 4.69) is 38.2 Å². The van der Waals surface area contributed by atoms with E-state index in [0.29, 0.717) is 6.04 Å². The van der Waals surface area contributed by atoms with Gasteiger partial charge >= 0.3 is 0 Å². The fourth-order valence-electron chi connectivity index (χ4n) is 0.472. The predicted octanol–water partition coefficient (Wildman–Crippen LogP) is -2.28. The van der Waals surface area contributed by atoms with Crippen molar-refractivity contribution in [2.24, 2.45) is 0 Å². The third-order valence-corrected chi connectivity index (χ3v) is 1.27. The van der Waals surface area contributed by atoms with Crippen molar-refractivity contribution >= 4 is 0 Å². The lowest BCUT2D eigenvalue weighted by atomic mass is 10.3. The topological polar surface area (TPSA) is 21.1 Å². The minimum absolute atomic E-state index is 0.444. The Bertz CT molecular complexity index is 130. The highest BCUT2D eigenvalue weighted by atomic mass is 15.0. The highest BCUT2D eigenvalue weighted by Gasteiger charge is 1.91. The van der Waals surface area contributed by atoms with Gasteiger partial charge in [-0.1, -0.05) is 0 Å².